The molecule has 2 aromatic rings. The van der Waals surface area contributed by atoms with Crippen LogP contribution in [0.2, 0.25) is 0 Å². The van der Waals surface area contributed by atoms with Gasteiger partial charge in [0.05, 0.1) is 0 Å². The summed E-state index contributed by atoms with van der Waals surface area (Å²) in [5.41, 5.74) is 3.96. The van der Waals surface area contributed by atoms with Gasteiger partial charge in [0.25, 0.3) is 0 Å². The monoisotopic (exact) mass is 328 g/mol. The summed E-state index contributed by atoms with van der Waals surface area (Å²) in [6, 6.07) is 10.5. The molecular formula is C15H21ClN2O4. The second-order valence-electron chi connectivity index (χ2n) is 5.91. The molecule has 0 saturated heterocycles. The molecule has 122 valence electrons. The molecule has 22 heavy (non-hydrogen) atoms. The molecule has 0 aliphatic rings. The van der Waals surface area contributed by atoms with Gasteiger partial charge < -0.3 is 0 Å². The van der Waals surface area contributed by atoms with E-state index in [4.69, 9.17) is 18.6 Å². The van der Waals surface area contributed by atoms with Crippen LogP contribution in [0.15, 0.2) is 36.7 Å². The third kappa shape index (κ3) is 5.40. The van der Waals surface area contributed by atoms with E-state index in [9.17, 15) is 0 Å². The summed E-state index contributed by atoms with van der Waals surface area (Å²) in [4.78, 5) is 0. The number of para-hydroxylation sites is 1. The van der Waals surface area contributed by atoms with Gasteiger partial charge in [-0.15, -0.1) is 10.2 Å². The van der Waals surface area contributed by atoms with Crippen molar-refractivity contribution in [2.24, 2.45) is 0 Å². The standard InChI is InChI=1S/C15H21N2.ClHO4/c1-12-13(2)17(15(3,4)5)11-16(12)14-9-7-6-8-10-14;2-1(3,4)5/h6-11H,1-5H3;(H,2,3,4,5)/q+1;/p-1. The molecule has 1 heterocycles. The molecule has 0 bridgehead atoms. The molecule has 0 aliphatic heterocycles. The zero-order valence-corrected chi connectivity index (χ0v) is 14.1. The van der Waals surface area contributed by atoms with Gasteiger partial charge in [0, 0.05) is 13.8 Å². The Kier molecular flexibility index (Phi) is 5.72. The fourth-order valence-electron chi connectivity index (χ4n) is 2.16. The second kappa shape index (κ2) is 6.76. The molecule has 0 amide bonds. The van der Waals surface area contributed by atoms with Crippen molar-refractivity contribution in [1.82, 2.24) is 4.57 Å². The molecule has 7 heteroatoms. The molecule has 0 aliphatic carbocycles. The van der Waals surface area contributed by atoms with E-state index in [1.54, 1.807) is 0 Å². The van der Waals surface area contributed by atoms with E-state index in [0.29, 0.717) is 0 Å². The fourth-order valence-corrected chi connectivity index (χ4v) is 2.16. The molecule has 0 fully saturated rings. The van der Waals surface area contributed by atoms with Crippen LogP contribution in [0.25, 0.3) is 5.69 Å². The maximum atomic E-state index is 8.49. The van der Waals surface area contributed by atoms with Crippen molar-refractivity contribution in [3.05, 3.63) is 48.0 Å². The lowest BCUT2D eigenvalue weighted by Crippen LogP contribution is -2.68. The molecule has 0 atom stereocenters. The van der Waals surface area contributed by atoms with Gasteiger partial charge in [-0.1, -0.05) is 18.2 Å². The highest BCUT2D eigenvalue weighted by Gasteiger charge is 2.26. The maximum absolute atomic E-state index is 8.49. The van der Waals surface area contributed by atoms with Gasteiger partial charge in [0.1, 0.15) is 22.6 Å². The van der Waals surface area contributed by atoms with Crippen LogP contribution in [0.5, 0.6) is 0 Å². The Morgan fingerprint density at radius 1 is 0.955 bits per heavy atom. The number of hydrogen-bond donors (Lipinski definition) is 0. The first-order valence-electron chi connectivity index (χ1n) is 6.69. The number of benzene rings is 1. The lowest BCUT2D eigenvalue weighted by atomic mass is 10.1. The first-order valence-corrected chi connectivity index (χ1v) is 7.92. The molecule has 0 radical (unpaired) electrons. The van der Waals surface area contributed by atoms with Gasteiger partial charge in [0.2, 0.25) is 6.33 Å². The van der Waals surface area contributed by atoms with Crippen molar-refractivity contribution < 1.29 is 33.4 Å². The van der Waals surface area contributed by atoms with Crippen LogP contribution in [0, 0.1) is 24.1 Å². The van der Waals surface area contributed by atoms with Crippen molar-refractivity contribution in [2.75, 3.05) is 0 Å². The van der Waals surface area contributed by atoms with E-state index in [1.807, 2.05) is 6.07 Å². The smallest absolute Gasteiger partial charge is 0.229 e. The minimum absolute atomic E-state index is 0.120. The van der Waals surface area contributed by atoms with Crippen molar-refractivity contribution >= 4 is 0 Å². The van der Waals surface area contributed by atoms with Gasteiger partial charge in [-0.05, 0) is 32.9 Å². The highest BCUT2D eigenvalue weighted by atomic mass is 35.7. The molecule has 6 nitrogen and oxygen atoms in total. The van der Waals surface area contributed by atoms with Crippen LogP contribution in [0.4, 0.5) is 0 Å². The number of hydrogen-bond acceptors (Lipinski definition) is 4. The number of aromatic nitrogens is 2. The third-order valence-electron chi connectivity index (χ3n) is 3.23. The average Bonchev–Trinajstić information content (AvgIpc) is 2.65. The summed E-state index contributed by atoms with van der Waals surface area (Å²) in [6.07, 6.45) is 2.19. The summed E-state index contributed by atoms with van der Waals surface area (Å²) >= 11 is 0. The van der Waals surface area contributed by atoms with E-state index in [0.717, 1.165) is 0 Å². The Balaban J connectivity index is 0.000000422. The lowest BCUT2D eigenvalue weighted by Gasteiger charge is -2.17. The Hall–Kier alpha value is -1.44. The summed E-state index contributed by atoms with van der Waals surface area (Å²) in [6.45, 7) is 11.0. The number of imidazole rings is 1. The number of rotatable bonds is 1. The van der Waals surface area contributed by atoms with E-state index in [-0.39, 0.29) is 5.54 Å². The highest BCUT2D eigenvalue weighted by molar-refractivity contribution is 5.33. The van der Waals surface area contributed by atoms with Crippen LogP contribution >= 0.6 is 0 Å². The Labute approximate surface area is 132 Å². The molecule has 0 saturated carbocycles. The first-order chi connectivity index (χ1) is 9.91. The topological polar surface area (TPSA) is 101 Å². The second-order valence-corrected chi connectivity index (χ2v) is 6.67. The third-order valence-corrected chi connectivity index (χ3v) is 3.23. The number of halogens is 1. The van der Waals surface area contributed by atoms with Gasteiger partial charge >= 0.3 is 0 Å². The van der Waals surface area contributed by atoms with Crippen LogP contribution < -0.4 is 23.2 Å². The van der Waals surface area contributed by atoms with Gasteiger partial charge in [-0.3, -0.25) is 0 Å². The predicted molar refractivity (Wildman–Crippen MR) is 70.4 cm³/mol. The molecule has 0 unspecified atom stereocenters. The van der Waals surface area contributed by atoms with E-state index in [1.165, 1.54) is 17.1 Å². The quantitative estimate of drug-likeness (QED) is 0.587. The summed E-state index contributed by atoms with van der Waals surface area (Å²) in [5, 5.41) is 0. The summed E-state index contributed by atoms with van der Waals surface area (Å²) in [5.74, 6) is 0. The largest absolute Gasteiger partial charge is 0.249 e. The Bertz CT molecular complexity index is 607. The Morgan fingerprint density at radius 3 is 1.77 bits per heavy atom. The maximum Gasteiger partial charge on any atom is 0.249 e. The fraction of sp³-hybridized carbons (Fsp3) is 0.400. The zero-order chi connectivity index (χ0) is 17.1. The van der Waals surface area contributed by atoms with Crippen molar-refractivity contribution in [3.8, 4) is 5.69 Å². The minimum atomic E-state index is -4.94. The molecule has 1 aromatic carbocycles. The van der Waals surface area contributed by atoms with Gasteiger partial charge in [0.15, 0.2) is 0 Å². The molecule has 0 spiro atoms. The van der Waals surface area contributed by atoms with E-state index >= 15 is 0 Å². The van der Waals surface area contributed by atoms with Crippen molar-refractivity contribution in [2.45, 2.75) is 40.2 Å². The molecule has 0 N–H and O–H groups in total. The SMILES string of the molecule is Cc1c(C)[n+](C(C)(C)C)cn1-c1ccccc1.[O-][Cl+3]([O-])([O-])[O-]. The number of nitrogens with zero attached hydrogens (tertiary/aromatic N) is 2. The van der Waals surface area contributed by atoms with Crippen LogP contribution in [0.3, 0.4) is 0 Å². The highest BCUT2D eigenvalue weighted by Crippen LogP contribution is 2.15. The molecule has 1 aromatic heterocycles. The van der Waals surface area contributed by atoms with E-state index < -0.39 is 10.2 Å². The summed E-state index contributed by atoms with van der Waals surface area (Å²) < 4.78 is 38.6. The van der Waals surface area contributed by atoms with Gasteiger partial charge in [-0.2, -0.15) is 4.57 Å². The Morgan fingerprint density at radius 2 is 1.41 bits per heavy atom. The normalized spacial score (nSPS) is 11.9. The predicted octanol–water partition coefficient (Wildman–Crippen LogP) is -1.62. The first kappa shape index (κ1) is 18.6. The van der Waals surface area contributed by atoms with Gasteiger partial charge in [-0.25, -0.2) is 23.2 Å². The van der Waals surface area contributed by atoms with Crippen LogP contribution in [-0.4, -0.2) is 4.57 Å². The lowest BCUT2D eigenvalue weighted by molar-refractivity contribution is -2.00. The van der Waals surface area contributed by atoms with Crippen LogP contribution in [0.1, 0.15) is 32.2 Å². The van der Waals surface area contributed by atoms with Crippen molar-refractivity contribution in [1.29, 1.82) is 0 Å². The minimum Gasteiger partial charge on any atom is -0.229 e. The van der Waals surface area contributed by atoms with Crippen LogP contribution in [-0.2, 0) is 5.54 Å². The van der Waals surface area contributed by atoms with Crippen molar-refractivity contribution in [3.63, 3.8) is 0 Å². The van der Waals surface area contributed by atoms with E-state index in [2.05, 4.69) is 74.3 Å². The zero-order valence-electron chi connectivity index (χ0n) is 13.4. The average molecular weight is 329 g/mol. The summed E-state index contributed by atoms with van der Waals surface area (Å²) in [7, 11) is -4.94. The molecule has 2 rings (SSSR count). The molecular weight excluding hydrogens is 308 g/mol.